The zero-order chi connectivity index (χ0) is 29.9. The number of carbonyl (C=O) groups excluding carboxylic acids is 2. The molecule has 3 atom stereocenters. The van der Waals surface area contributed by atoms with Crippen molar-refractivity contribution in [3.05, 3.63) is 88.9 Å². The Bertz CT molecular complexity index is 1420. The molecule has 1 aliphatic heterocycles. The highest BCUT2D eigenvalue weighted by molar-refractivity contribution is 6.30. The highest BCUT2D eigenvalue weighted by Crippen LogP contribution is 2.44. The van der Waals surface area contributed by atoms with Crippen LogP contribution in [0.5, 0.6) is 5.75 Å². The maximum absolute atomic E-state index is 14.0. The van der Waals surface area contributed by atoms with Crippen molar-refractivity contribution in [2.75, 3.05) is 10.2 Å². The Kier molecular flexibility index (Phi) is 8.78. The van der Waals surface area contributed by atoms with Gasteiger partial charge in [-0.3, -0.25) is 14.4 Å². The first kappa shape index (κ1) is 30.1. The third-order valence-electron chi connectivity index (χ3n) is 7.65. The molecule has 3 aromatic carbocycles. The Hall–Kier alpha value is -3.84. The molecule has 8 heteroatoms. The van der Waals surface area contributed by atoms with Gasteiger partial charge in [0.1, 0.15) is 11.3 Å². The Morgan fingerprint density at radius 2 is 1.71 bits per heavy atom. The number of carboxylic acids is 1. The van der Waals surface area contributed by atoms with E-state index >= 15 is 0 Å². The van der Waals surface area contributed by atoms with Gasteiger partial charge in [0.05, 0.1) is 17.6 Å². The number of rotatable bonds is 10. The van der Waals surface area contributed by atoms with Gasteiger partial charge in [-0.2, -0.15) is 0 Å². The lowest BCUT2D eigenvalue weighted by Gasteiger charge is -2.44. The van der Waals surface area contributed by atoms with Crippen LogP contribution in [0.2, 0.25) is 5.02 Å². The van der Waals surface area contributed by atoms with Crippen molar-refractivity contribution in [3.63, 3.8) is 0 Å². The fraction of sp³-hybridized carbons (Fsp3) is 0.364. The molecule has 0 bridgehead atoms. The number of ketones is 1. The van der Waals surface area contributed by atoms with E-state index in [0.717, 1.165) is 16.9 Å². The number of aliphatic carboxylic acids is 1. The summed E-state index contributed by atoms with van der Waals surface area (Å²) >= 11 is 6.14. The molecule has 0 spiro atoms. The second kappa shape index (κ2) is 12.0. The van der Waals surface area contributed by atoms with Crippen molar-refractivity contribution >= 4 is 40.6 Å². The number of carbonyl (C=O) groups is 3. The first-order valence-electron chi connectivity index (χ1n) is 13.8. The summed E-state index contributed by atoms with van der Waals surface area (Å²) in [7, 11) is 0. The fourth-order valence-electron chi connectivity index (χ4n) is 5.48. The molecule has 0 saturated carbocycles. The zero-order valence-electron chi connectivity index (χ0n) is 24.1. The SMILES string of the molecule is CCC(=O)N(c1ccc(Cl)cc1)[C@@H]1CC(C)(C(=O)c2ccc(OC(C)CC(C)(C)C(=O)O)cc2)Nc2ccccc21. The van der Waals surface area contributed by atoms with Gasteiger partial charge in [-0.05, 0) is 94.3 Å². The summed E-state index contributed by atoms with van der Waals surface area (Å²) in [5.74, 6) is -0.478. The van der Waals surface area contributed by atoms with Crippen molar-refractivity contribution in [1.82, 2.24) is 0 Å². The summed E-state index contributed by atoms with van der Waals surface area (Å²) in [5.41, 5.74) is 1.05. The molecule has 7 nitrogen and oxygen atoms in total. The minimum absolute atomic E-state index is 0.0504. The van der Waals surface area contributed by atoms with E-state index in [1.165, 1.54) is 0 Å². The highest BCUT2D eigenvalue weighted by Gasteiger charge is 2.44. The number of ether oxygens (including phenoxy) is 1. The van der Waals surface area contributed by atoms with E-state index in [2.05, 4.69) is 5.32 Å². The van der Waals surface area contributed by atoms with Crippen LogP contribution in [0.4, 0.5) is 11.4 Å². The minimum atomic E-state index is -1.00. The normalized spacial score (nSPS) is 18.9. The minimum Gasteiger partial charge on any atom is -0.491 e. The van der Waals surface area contributed by atoms with E-state index in [9.17, 15) is 19.5 Å². The molecular weight excluding hydrogens is 540 g/mol. The second-order valence-corrected chi connectivity index (χ2v) is 12.0. The van der Waals surface area contributed by atoms with E-state index in [0.29, 0.717) is 35.6 Å². The number of halogens is 1. The molecule has 1 heterocycles. The molecule has 1 amide bonds. The number of nitrogens with zero attached hydrogens (tertiary/aromatic N) is 1. The number of benzene rings is 3. The molecule has 2 unspecified atom stereocenters. The lowest BCUT2D eigenvalue weighted by atomic mass is 9.78. The van der Waals surface area contributed by atoms with Crippen molar-refractivity contribution in [1.29, 1.82) is 0 Å². The van der Waals surface area contributed by atoms with E-state index in [1.807, 2.05) is 57.2 Å². The van der Waals surface area contributed by atoms with E-state index in [-0.39, 0.29) is 23.8 Å². The topological polar surface area (TPSA) is 95.9 Å². The van der Waals surface area contributed by atoms with Crippen LogP contribution in [0, 0.1) is 5.41 Å². The summed E-state index contributed by atoms with van der Waals surface area (Å²) in [6.45, 7) is 8.87. The highest BCUT2D eigenvalue weighted by atomic mass is 35.5. The smallest absolute Gasteiger partial charge is 0.309 e. The maximum Gasteiger partial charge on any atom is 0.309 e. The largest absolute Gasteiger partial charge is 0.491 e. The van der Waals surface area contributed by atoms with Crippen LogP contribution in [-0.4, -0.2) is 34.4 Å². The van der Waals surface area contributed by atoms with Crippen LogP contribution < -0.4 is 15.0 Å². The molecule has 2 N–H and O–H groups in total. The van der Waals surface area contributed by atoms with Gasteiger partial charge < -0.3 is 20.1 Å². The number of hydrogen-bond donors (Lipinski definition) is 2. The predicted octanol–water partition coefficient (Wildman–Crippen LogP) is 7.55. The Labute approximate surface area is 246 Å². The number of amides is 1. The molecule has 41 heavy (non-hydrogen) atoms. The molecular formula is C33H37ClN2O5. The van der Waals surface area contributed by atoms with Crippen LogP contribution >= 0.6 is 11.6 Å². The lowest BCUT2D eigenvalue weighted by molar-refractivity contribution is -0.148. The number of fused-ring (bicyclic) bond motifs is 1. The summed E-state index contributed by atoms with van der Waals surface area (Å²) in [6, 6.07) is 21.5. The van der Waals surface area contributed by atoms with E-state index in [4.69, 9.17) is 16.3 Å². The number of hydrogen-bond acceptors (Lipinski definition) is 5. The first-order chi connectivity index (χ1) is 19.3. The second-order valence-electron chi connectivity index (χ2n) is 11.5. The Morgan fingerprint density at radius 1 is 1.07 bits per heavy atom. The number of para-hydroxylation sites is 1. The number of carboxylic acid groups (broad SMARTS) is 1. The van der Waals surface area contributed by atoms with Crippen LogP contribution in [0.1, 0.15) is 75.8 Å². The third kappa shape index (κ3) is 6.57. The maximum atomic E-state index is 14.0. The Balaban J connectivity index is 1.61. The molecule has 216 valence electrons. The van der Waals surface area contributed by atoms with Gasteiger partial charge in [-0.1, -0.05) is 36.7 Å². The van der Waals surface area contributed by atoms with Gasteiger partial charge in [0.2, 0.25) is 5.91 Å². The van der Waals surface area contributed by atoms with E-state index < -0.39 is 16.9 Å². The number of nitrogens with one attached hydrogen (secondary N) is 1. The van der Waals surface area contributed by atoms with Crippen LogP contribution in [0.15, 0.2) is 72.8 Å². The predicted molar refractivity (Wildman–Crippen MR) is 162 cm³/mol. The van der Waals surface area contributed by atoms with Crippen molar-refractivity contribution in [2.45, 2.75) is 71.6 Å². The van der Waals surface area contributed by atoms with Gasteiger partial charge in [0.25, 0.3) is 0 Å². The number of Topliss-reactive ketones (excluding diaryl/α,β-unsaturated/α-hetero) is 1. The van der Waals surface area contributed by atoms with Crippen LogP contribution in [0.3, 0.4) is 0 Å². The molecule has 1 aliphatic rings. The summed E-state index contributed by atoms with van der Waals surface area (Å²) in [4.78, 5) is 40.6. The molecule has 0 radical (unpaired) electrons. The van der Waals surface area contributed by atoms with Gasteiger partial charge in [0.15, 0.2) is 5.78 Å². The lowest BCUT2D eigenvalue weighted by Crippen LogP contribution is -2.51. The first-order valence-corrected chi connectivity index (χ1v) is 14.2. The average Bonchev–Trinajstić information content (AvgIpc) is 2.93. The quantitative estimate of drug-likeness (QED) is 0.242. The van der Waals surface area contributed by atoms with Crippen LogP contribution in [0.25, 0.3) is 0 Å². The third-order valence-corrected chi connectivity index (χ3v) is 7.90. The monoisotopic (exact) mass is 576 g/mol. The van der Waals surface area contributed by atoms with Gasteiger partial charge in [0, 0.05) is 34.8 Å². The molecule has 4 rings (SSSR count). The fourth-order valence-corrected chi connectivity index (χ4v) is 5.61. The summed E-state index contributed by atoms with van der Waals surface area (Å²) < 4.78 is 5.95. The van der Waals surface area contributed by atoms with Crippen molar-refractivity contribution < 1.29 is 24.2 Å². The van der Waals surface area contributed by atoms with Crippen LogP contribution in [-0.2, 0) is 9.59 Å². The zero-order valence-corrected chi connectivity index (χ0v) is 24.9. The molecule has 0 aliphatic carbocycles. The van der Waals surface area contributed by atoms with Gasteiger partial charge in [-0.25, -0.2) is 0 Å². The van der Waals surface area contributed by atoms with Gasteiger partial charge in [-0.15, -0.1) is 0 Å². The Morgan fingerprint density at radius 3 is 2.32 bits per heavy atom. The molecule has 3 aromatic rings. The average molecular weight is 577 g/mol. The molecule has 0 aromatic heterocycles. The molecule has 0 saturated heterocycles. The van der Waals surface area contributed by atoms with Crippen molar-refractivity contribution in [2.24, 2.45) is 5.41 Å². The van der Waals surface area contributed by atoms with Gasteiger partial charge >= 0.3 is 5.97 Å². The number of anilines is 2. The standard InChI is InChI=1S/C33H37ClN2O5/c1-6-29(37)36(24-15-13-23(34)14-16-24)28-20-33(5,35-27-10-8-7-9-26(27)28)30(38)22-11-17-25(18-12-22)41-21(2)19-32(3,4)31(39)40/h7-18,21,28,35H,6,19-20H2,1-5H3,(H,39,40)/t21?,28-,33?/m1/s1. The molecule has 0 fully saturated rings. The van der Waals surface area contributed by atoms with Crippen molar-refractivity contribution in [3.8, 4) is 5.75 Å². The summed E-state index contributed by atoms with van der Waals surface area (Å²) in [6.07, 6.45) is 0.680. The summed E-state index contributed by atoms with van der Waals surface area (Å²) in [5, 5.41) is 13.5. The van der Waals surface area contributed by atoms with E-state index in [1.54, 1.807) is 55.1 Å².